The van der Waals surface area contributed by atoms with E-state index in [2.05, 4.69) is 5.92 Å². The molecule has 6 heteroatoms. The minimum atomic E-state index is -0.820. The third kappa shape index (κ3) is 2.94. The molecule has 4 nitrogen and oxygen atoms in total. The van der Waals surface area contributed by atoms with Gasteiger partial charge in [-0.1, -0.05) is 47.3 Å². The van der Waals surface area contributed by atoms with E-state index in [1.54, 1.807) is 27.3 Å². The zero-order valence-corrected chi connectivity index (χ0v) is 14.2. The van der Waals surface area contributed by atoms with Crippen LogP contribution >= 0.6 is 23.2 Å². The molecule has 1 aromatic heterocycles. The van der Waals surface area contributed by atoms with Gasteiger partial charge in [0, 0.05) is 0 Å². The topological polar surface area (TPSA) is 53.9 Å². The summed E-state index contributed by atoms with van der Waals surface area (Å²) in [5.41, 5.74) is 2.59. The number of halogens is 2. The number of aromatic nitrogens is 2. The summed E-state index contributed by atoms with van der Waals surface area (Å²) in [6.07, 6.45) is 4.59. The maximum absolute atomic E-state index is 10.6. The molecular weight excluding hydrogens is 345 g/mol. The van der Waals surface area contributed by atoms with Gasteiger partial charge in [-0.2, -0.15) is 0 Å². The lowest BCUT2D eigenvalue weighted by atomic mass is 10.1. The van der Waals surface area contributed by atoms with Gasteiger partial charge in [-0.3, -0.25) is 9.98 Å². The first-order chi connectivity index (χ1) is 11.5. The van der Waals surface area contributed by atoms with Crippen molar-refractivity contribution in [2.24, 2.45) is 0 Å². The van der Waals surface area contributed by atoms with Crippen molar-refractivity contribution in [2.45, 2.75) is 19.2 Å². The summed E-state index contributed by atoms with van der Waals surface area (Å²) in [6, 6.07) is 12.6. The maximum atomic E-state index is 10.6. The molecule has 0 bridgehead atoms. The van der Waals surface area contributed by atoms with Crippen LogP contribution in [-0.4, -0.2) is 14.2 Å². The molecule has 3 rings (SSSR count). The van der Waals surface area contributed by atoms with Gasteiger partial charge in [0.2, 0.25) is 5.62 Å². The van der Waals surface area contributed by atoms with E-state index in [9.17, 15) is 5.11 Å². The number of aliphatic hydroxyl groups excluding tert-OH is 1. The van der Waals surface area contributed by atoms with E-state index >= 15 is 0 Å². The van der Waals surface area contributed by atoms with Crippen LogP contribution in [-0.2, 0) is 13.1 Å². The van der Waals surface area contributed by atoms with Crippen LogP contribution in [0.1, 0.15) is 11.7 Å². The second-order valence-electron chi connectivity index (χ2n) is 5.40. The summed E-state index contributed by atoms with van der Waals surface area (Å²) in [5, 5.41) is 19.8. The van der Waals surface area contributed by atoms with Crippen molar-refractivity contribution >= 4 is 34.2 Å². The highest BCUT2D eigenvalue weighted by Crippen LogP contribution is 2.26. The Balaban J connectivity index is 2.04. The average Bonchev–Trinajstić information content (AvgIpc) is 2.83. The summed E-state index contributed by atoms with van der Waals surface area (Å²) in [7, 11) is 0. The Morgan fingerprint density at radius 1 is 1.08 bits per heavy atom. The summed E-state index contributed by atoms with van der Waals surface area (Å²) < 4.78 is 3.47. The molecule has 0 amide bonds. The molecular formula is C18H15Cl2N3O. The van der Waals surface area contributed by atoms with Gasteiger partial charge in [0.05, 0.1) is 40.3 Å². The summed E-state index contributed by atoms with van der Waals surface area (Å²) in [4.78, 5) is 0. The van der Waals surface area contributed by atoms with Crippen LogP contribution in [0.4, 0.5) is 0 Å². The standard InChI is InChI=1S/C18H15Cl2N3O/c1-2-9-22-15-5-3-4-6-16(15)23(18(22)21)11-17(24)12-7-8-13(19)14(20)10-12/h1,3-8,10,17,21,24H,9,11H2. The number of terminal acetylenes is 1. The molecule has 0 saturated carbocycles. The summed E-state index contributed by atoms with van der Waals surface area (Å²) in [6.45, 7) is 0.518. The number of rotatable bonds is 4. The van der Waals surface area contributed by atoms with Crippen molar-refractivity contribution < 1.29 is 5.11 Å². The number of hydrogen-bond acceptors (Lipinski definition) is 2. The van der Waals surface area contributed by atoms with Gasteiger partial charge < -0.3 is 9.67 Å². The monoisotopic (exact) mass is 359 g/mol. The molecule has 24 heavy (non-hydrogen) atoms. The smallest absolute Gasteiger partial charge is 0.203 e. The number of para-hydroxylation sites is 2. The van der Waals surface area contributed by atoms with Gasteiger partial charge in [0.15, 0.2) is 0 Å². The Kier molecular flexibility index (Phi) is 4.68. The fraction of sp³-hybridized carbons (Fsp3) is 0.167. The zero-order valence-electron chi connectivity index (χ0n) is 12.7. The Morgan fingerprint density at radius 2 is 1.75 bits per heavy atom. The Hall–Kier alpha value is -2.19. The van der Waals surface area contributed by atoms with E-state index < -0.39 is 6.10 Å². The number of nitrogens with one attached hydrogen (secondary N) is 1. The maximum Gasteiger partial charge on any atom is 0.203 e. The van der Waals surface area contributed by atoms with Crippen molar-refractivity contribution in [3.63, 3.8) is 0 Å². The highest BCUT2D eigenvalue weighted by molar-refractivity contribution is 6.42. The average molecular weight is 360 g/mol. The van der Waals surface area contributed by atoms with Gasteiger partial charge in [-0.15, -0.1) is 6.42 Å². The molecule has 2 aromatic carbocycles. The van der Waals surface area contributed by atoms with Crippen molar-refractivity contribution in [2.75, 3.05) is 0 Å². The quantitative estimate of drug-likeness (QED) is 0.687. The van der Waals surface area contributed by atoms with Gasteiger partial charge in [-0.05, 0) is 29.8 Å². The Labute approximate surface area is 149 Å². The third-order valence-electron chi connectivity index (χ3n) is 3.91. The van der Waals surface area contributed by atoms with Crippen LogP contribution in [0.25, 0.3) is 11.0 Å². The molecule has 0 saturated heterocycles. The first kappa shape index (κ1) is 16.7. The fourth-order valence-electron chi connectivity index (χ4n) is 2.73. The van der Waals surface area contributed by atoms with Crippen LogP contribution in [0.3, 0.4) is 0 Å². The van der Waals surface area contributed by atoms with E-state index in [-0.39, 0.29) is 12.2 Å². The van der Waals surface area contributed by atoms with Gasteiger partial charge in [0.1, 0.15) is 0 Å². The predicted molar refractivity (Wildman–Crippen MR) is 96.0 cm³/mol. The lowest BCUT2D eigenvalue weighted by Gasteiger charge is -2.13. The van der Waals surface area contributed by atoms with Crippen molar-refractivity contribution in [1.82, 2.24) is 9.13 Å². The molecule has 3 aromatic rings. The molecule has 1 heterocycles. The SMILES string of the molecule is C#CCn1c(=N)n(CC(O)c2ccc(Cl)c(Cl)c2)c2ccccc21. The van der Waals surface area contributed by atoms with Crippen LogP contribution in [0, 0.1) is 17.8 Å². The number of nitrogens with zero attached hydrogens (tertiary/aromatic N) is 2. The fourth-order valence-corrected chi connectivity index (χ4v) is 3.04. The molecule has 1 unspecified atom stereocenters. The number of hydrogen-bond donors (Lipinski definition) is 2. The highest BCUT2D eigenvalue weighted by Gasteiger charge is 2.15. The van der Waals surface area contributed by atoms with E-state index in [4.69, 9.17) is 35.0 Å². The summed E-state index contributed by atoms with van der Waals surface area (Å²) in [5.74, 6) is 2.56. The third-order valence-corrected chi connectivity index (χ3v) is 4.65. The molecule has 0 aliphatic rings. The lowest BCUT2D eigenvalue weighted by molar-refractivity contribution is 0.156. The second-order valence-corrected chi connectivity index (χ2v) is 6.22. The number of aliphatic hydroxyl groups is 1. The number of imidazole rings is 1. The van der Waals surface area contributed by atoms with Crippen LogP contribution in [0.2, 0.25) is 10.0 Å². The molecule has 2 N–H and O–H groups in total. The minimum Gasteiger partial charge on any atom is -0.387 e. The predicted octanol–water partition coefficient (Wildman–Crippen LogP) is 3.60. The van der Waals surface area contributed by atoms with Crippen LogP contribution < -0.4 is 5.62 Å². The molecule has 0 aliphatic carbocycles. The first-order valence-electron chi connectivity index (χ1n) is 7.32. The van der Waals surface area contributed by atoms with Crippen LogP contribution in [0.15, 0.2) is 42.5 Å². The Morgan fingerprint density at radius 3 is 2.38 bits per heavy atom. The van der Waals surface area contributed by atoms with Crippen molar-refractivity contribution in [1.29, 1.82) is 5.41 Å². The molecule has 0 fully saturated rings. The van der Waals surface area contributed by atoms with E-state index in [0.717, 1.165) is 11.0 Å². The number of fused-ring (bicyclic) bond motifs is 1. The van der Waals surface area contributed by atoms with E-state index in [1.165, 1.54) is 0 Å². The van der Waals surface area contributed by atoms with Crippen molar-refractivity contribution in [3.8, 4) is 12.3 Å². The molecule has 0 radical (unpaired) electrons. The minimum absolute atomic E-state index is 0.217. The molecule has 1 atom stereocenters. The first-order valence-corrected chi connectivity index (χ1v) is 8.07. The summed E-state index contributed by atoms with van der Waals surface area (Å²) >= 11 is 11.9. The second kappa shape index (κ2) is 6.74. The molecule has 0 aliphatic heterocycles. The lowest BCUT2D eigenvalue weighted by Crippen LogP contribution is -2.26. The van der Waals surface area contributed by atoms with Crippen LogP contribution in [0.5, 0.6) is 0 Å². The molecule has 0 spiro atoms. The van der Waals surface area contributed by atoms with Gasteiger partial charge in [-0.25, -0.2) is 0 Å². The van der Waals surface area contributed by atoms with E-state index in [0.29, 0.717) is 22.2 Å². The van der Waals surface area contributed by atoms with Crippen molar-refractivity contribution in [3.05, 3.63) is 63.7 Å². The van der Waals surface area contributed by atoms with E-state index in [1.807, 2.05) is 24.3 Å². The van der Waals surface area contributed by atoms with Gasteiger partial charge >= 0.3 is 0 Å². The zero-order chi connectivity index (χ0) is 17.3. The van der Waals surface area contributed by atoms with Gasteiger partial charge in [0.25, 0.3) is 0 Å². The highest BCUT2D eigenvalue weighted by atomic mass is 35.5. The Bertz CT molecular complexity index is 998. The molecule has 122 valence electrons. The normalized spacial score (nSPS) is 12.2. The number of benzene rings is 2. The largest absolute Gasteiger partial charge is 0.387 e.